The molecule has 2 aromatic heterocycles. The van der Waals surface area contributed by atoms with E-state index in [1.165, 1.54) is 37.9 Å². The molecule has 0 saturated carbocycles. The summed E-state index contributed by atoms with van der Waals surface area (Å²) >= 11 is 6.01. The second kappa shape index (κ2) is 5.25. The Labute approximate surface area is 130 Å². The fourth-order valence-electron chi connectivity index (χ4n) is 4.12. The van der Waals surface area contributed by atoms with Gasteiger partial charge >= 0.3 is 0 Å². The quantitative estimate of drug-likeness (QED) is 0.818. The molecule has 2 atom stereocenters. The molecule has 2 aliphatic rings. The van der Waals surface area contributed by atoms with Crippen LogP contribution >= 0.6 is 11.6 Å². The number of hydrogen-bond acceptors (Lipinski definition) is 3. The second-order valence-corrected chi connectivity index (χ2v) is 6.62. The van der Waals surface area contributed by atoms with Crippen molar-refractivity contribution in [2.75, 3.05) is 19.0 Å². The average molecular weight is 305 g/mol. The fraction of sp³-hybridized carbons (Fsp3) is 0.625. The van der Waals surface area contributed by atoms with Crippen LogP contribution in [0.15, 0.2) is 12.3 Å². The molecule has 5 heteroatoms. The molecule has 0 radical (unpaired) electrons. The number of aromatic nitrogens is 3. The SMILES string of the molecule is Cc1ccnc2c1nc(CCCl)n2C1CCN2CCCC12. The molecule has 0 bridgehead atoms. The van der Waals surface area contributed by atoms with E-state index < -0.39 is 0 Å². The van der Waals surface area contributed by atoms with Gasteiger partial charge in [0.15, 0.2) is 5.65 Å². The molecule has 0 aromatic carbocycles. The first-order valence-corrected chi connectivity index (χ1v) is 8.45. The van der Waals surface area contributed by atoms with Crippen LogP contribution in [0.4, 0.5) is 0 Å². The number of nitrogens with zero attached hydrogens (tertiary/aromatic N) is 4. The first-order valence-electron chi connectivity index (χ1n) is 7.92. The highest BCUT2D eigenvalue weighted by Crippen LogP contribution is 2.38. The Kier molecular flexibility index (Phi) is 3.38. The number of halogens is 1. The number of fused-ring (bicyclic) bond motifs is 2. The van der Waals surface area contributed by atoms with E-state index in [1.807, 2.05) is 12.3 Å². The van der Waals surface area contributed by atoms with Crippen LogP contribution in [-0.2, 0) is 6.42 Å². The van der Waals surface area contributed by atoms with Gasteiger partial charge in [0.05, 0.1) is 6.04 Å². The third-order valence-electron chi connectivity index (χ3n) is 5.07. The van der Waals surface area contributed by atoms with Crippen molar-refractivity contribution in [3.05, 3.63) is 23.7 Å². The minimum absolute atomic E-state index is 0.519. The fourth-order valence-corrected chi connectivity index (χ4v) is 4.29. The molecular weight excluding hydrogens is 284 g/mol. The Bertz CT molecular complexity index is 666. The van der Waals surface area contributed by atoms with Crippen molar-refractivity contribution in [2.45, 2.75) is 44.7 Å². The van der Waals surface area contributed by atoms with Gasteiger partial charge < -0.3 is 4.57 Å². The highest BCUT2D eigenvalue weighted by atomic mass is 35.5. The van der Waals surface area contributed by atoms with Gasteiger partial charge in [-0.2, -0.15) is 0 Å². The van der Waals surface area contributed by atoms with Gasteiger partial charge in [0, 0.05) is 31.1 Å². The van der Waals surface area contributed by atoms with Crippen molar-refractivity contribution in [1.29, 1.82) is 0 Å². The zero-order valence-electron chi connectivity index (χ0n) is 12.4. The van der Waals surface area contributed by atoms with E-state index in [-0.39, 0.29) is 0 Å². The minimum Gasteiger partial charge on any atom is -0.308 e. The summed E-state index contributed by atoms with van der Waals surface area (Å²) in [5.41, 5.74) is 3.30. The summed E-state index contributed by atoms with van der Waals surface area (Å²) < 4.78 is 2.40. The summed E-state index contributed by atoms with van der Waals surface area (Å²) in [5.74, 6) is 1.73. The molecule has 21 heavy (non-hydrogen) atoms. The van der Waals surface area contributed by atoms with E-state index in [1.54, 1.807) is 0 Å². The van der Waals surface area contributed by atoms with Crippen molar-refractivity contribution in [1.82, 2.24) is 19.4 Å². The maximum Gasteiger partial charge on any atom is 0.160 e. The molecule has 2 saturated heterocycles. The zero-order chi connectivity index (χ0) is 14.4. The lowest BCUT2D eigenvalue weighted by Gasteiger charge is -2.23. The smallest absolute Gasteiger partial charge is 0.160 e. The summed E-state index contributed by atoms with van der Waals surface area (Å²) in [6.45, 7) is 4.58. The van der Waals surface area contributed by atoms with E-state index in [0.29, 0.717) is 18.0 Å². The molecule has 4 nitrogen and oxygen atoms in total. The lowest BCUT2D eigenvalue weighted by atomic mass is 10.1. The Morgan fingerprint density at radius 3 is 3.05 bits per heavy atom. The molecule has 4 heterocycles. The summed E-state index contributed by atoms with van der Waals surface area (Å²) in [6, 6.07) is 3.23. The molecule has 112 valence electrons. The Morgan fingerprint density at radius 1 is 1.29 bits per heavy atom. The van der Waals surface area contributed by atoms with Crippen molar-refractivity contribution in [2.24, 2.45) is 0 Å². The van der Waals surface area contributed by atoms with Crippen molar-refractivity contribution < 1.29 is 0 Å². The second-order valence-electron chi connectivity index (χ2n) is 6.24. The molecule has 0 spiro atoms. The van der Waals surface area contributed by atoms with Gasteiger partial charge in [0.2, 0.25) is 0 Å². The summed E-state index contributed by atoms with van der Waals surface area (Å²) in [7, 11) is 0. The summed E-state index contributed by atoms with van der Waals surface area (Å²) in [4.78, 5) is 12.1. The van der Waals surface area contributed by atoms with Crippen LogP contribution in [0.3, 0.4) is 0 Å². The van der Waals surface area contributed by atoms with Gasteiger partial charge in [-0.15, -0.1) is 11.6 Å². The monoisotopic (exact) mass is 304 g/mol. The van der Waals surface area contributed by atoms with Gasteiger partial charge in [-0.3, -0.25) is 4.90 Å². The van der Waals surface area contributed by atoms with E-state index >= 15 is 0 Å². The van der Waals surface area contributed by atoms with Crippen LogP contribution in [0, 0.1) is 6.92 Å². The average Bonchev–Trinajstić information content (AvgIpc) is 3.13. The highest BCUT2D eigenvalue weighted by Gasteiger charge is 2.39. The van der Waals surface area contributed by atoms with Gasteiger partial charge in [0.1, 0.15) is 11.3 Å². The number of pyridine rings is 1. The molecule has 2 aliphatic heterocycles. The number of alkyl halides is 1. The van der Waals surface area contributed by atoms with Crippen molar-refractivity contribution in [3.63, 3.8) is 0 Å². The topological polar surface area (TPSA) is 34.0 Å². The van der Waals surface area contributed by atoms with Gasteiger partial charge in [-0.1, -0.05) is 0 Å². The normalized spacial score (nSPS) is 25.8. The molecular formula is C16H21ClN4. The maximum atomic E-state index is 6.01. The molecule has 4 rings (SSSR count). The Morgan fingerprint density at radius 2 is 2.19 bits per heavy atom. The highest BCUT2D eigenvalue weighted by molar-refractivity contribution is 6.17. The van der Waals surface area contributed by atoms with Crippen LogP contribution in [0.2, 0.25) is 0 Å². The number of aryl methyl sites for hydroxylation is 2. The third kappa shape index (κ3) is 2.08. The molecule has 2 fully saturated rings. The Hall–Kier alpha value is -1.13. The molecule has 0 amide bonds. The van der Waals surface area contributed by atoms with E-state index in [4.69, 9.17) is 16.6 Å². The van der Waals surface area contributed by atoms with Crippen LogP contribution in [0.25, 0.3) is 11.2 Å². The van der Waals surface area contributed by atoms with E-state index in [9.17, 15) is 0 Å². The van der Waals surface area contributed by atoms with Crippen molar-refractivity contribution >= 4 is 22.8 Å². The lowest BCUT2D eigenvalue weighted by molar-refractivity contribution is 0.290. The molecule has 0 N–H and O–H groups in total. The van der Waals surface area contributed by atoms with E-state index in [2.05, 4.69) is 21.4 Å². The van der Waals surface area contributed by atoms with E-state index in [0.717, 1.165) is 23.4 Å². The first-order chi connectivity index (χ1) is 10.3. The number of hydrogen-bond donors (Lipinski definition) is 0. The third-order valence-corrected chi connectivity index (χ3v) is 5.26. The number of imidazole rings is 1. The van der Waals surface area contributed by atoms with Crippen LogP contribution in [-0.4, -0.2) is 44.4 Å². The molecule has 2 aromatic rings. The standard InChI is InChI=1S/C16H21ClN4/c1-11-5-8-18-16-15(11)19-14(4-7-17)21(16)13-6-10-20-9-2-3-12(13)20/h5,8,12-13H,2-4,6-7,9-10H2,1H3. The summed E-state index contributed by atoms with van der Waals surface area (Å²) in [6.07, 6.45) is 6.56. The maximum absolute atomic E-state index is 6.01. The van der Waals surface area contributed by atoms with Gasteiger partial charge in [-0.25, -0.2) is 9.97 Å². The predicted octanol–water partition coefficient (Wildman–Crippen LogP) is 2.93. The zero-order valence-corrected chi connectivity index (χ0v) is 13.2. The molecule has 2 unspecified atom stereocenters. The van der Waals surface area contributed by atoms with Gasteiger partial charge in [-0.05, 0) is 44.4 Å². The lowest BCUT2D eigenvalue weighted by Crippen LogP contribution is -2.28. The van der Waals surface area contributed by atoms with Crippen LogP contribution in [0.1, 0.15) is 36.7 Å². The van der Waals surface area contributed by atoms with Crippen molar-refractivity contribution in [3.8, 4) is 0 Å². The Balaban J connectivity index is 1.86. The van der Waals surface area contributed by atoms with Crippen LogP contribution in [0.5, 0.6) is 0 Å². The largest absolute Gasteiger partial charge is 0.308 e. The van der Waals surface area contributed by atoms with Gasteiger partial charge in [0.25, 0.3) is 0 Å². The molecule has 0 aliphatic carbocycles. The first kappa shape index (κ1) is 13.5. The van der Waals surface area contributed by atoms with Crippen LogP contribution < -0.4 is 0 Å². The minimum atomic E-state index is 0.519. The number of rotatable bonds is 3. The summed E-state index contributed by atoms with van der Waals surface area (Å²) in [5, 5.41) is 0. The predicted molar refractivity (Wildman–Crippen MR) is 84.9 cm³/mol.